The summed E-state index contributed by atoms with van der Waals surface area (Å²) in [6.45, 7) is 2.89. The van der Waals surface area contributed by atoms with Crippen molar-refractivity contribution in [1.29, 1.82) is 0 Å². The summed E-state index contributed by atoms with van der Waals surface area (Å²) in [5.74, 6) is 0. The largest absolute Gasteiger partial charge is 0.306 e. The van der Waals surface area contributed by atoms with Crippen LogP contribution < -0.4 is 37.1 Å². The van der Waals surface area contributed by atoms with Crippen molar-refractivity contribution in [3.63, 3.8) is 0 Å². The van der Waals surface area contributed by atoms with Crippen LogP contribution in [0, 0.1) is 0 Å². The second kappa shape index (κ2) is 17.3. The minimum absolute atomic E-state index is 0.00384. The van der Waals surface area contributed by atoms with Crippen LogP contribution in [-0.2, 0) is 6.54 Å². The van der Waals surface area contributed by atoms with Crippen LogP contribution in [0.4, 0.5) is 11.4 Å². The van der Waals surface area contributed by atoms with Gasteiger partial charge < -0.3 is 5.32 Å². The Hall–Kier alpha value is -5.82. The van der Waals surface area contributed by atoms with Crippen molar-refractivity contribution in [2.24, 2.45) is 9.49 Å². The summed E-state index contributed by atoms with van der Waals surface area (Å²) >= 11 is 0. The van der Waals surface area contributed by atoms with Gasteiger partial charge in [-0.15, -0.1) is 0 Å². The van der Waals surface area contributed by atoms with E-state index in [1.807, 2.05) is 0 Å². The van der Waals surface area contributed by atoms with Crippen LogP contribution >= 0.6 is 14.1 Å². The maximum absolute atomic E-state index is 5.90. The first-order valence-electron chi connectivity index (χ1n) is 19.2. The van der Waals surface area contributed by atoms with E-state index in [1.165, 1.54) is 31.8 Å². The Morgan fingerprint density at radius 2 is 0.643 bits per heavy atom. The summed E-state index contributed by atoms with van der Waals surface area (Å²) in [7, 11) is -4.89. The number of benzene rings is 8. The Morgan fingerprint density at radius 1 is 0.357 bits per heavy atom. The molecular formula is C51H45N3P2. The smallest absolute Gasteiger partial charge is 0.0672 e. The average Bonchev–Trinajstić information content (AvgIpc) is 3.29. The highest BCUT2D eigenvalue weighted by Crippen LogP contribution is 2.51. The van der Waals surface area contributed by atoms with Gasteiger partial charge in [0.15, 0.2) is 0 Å². The highest BCUT2D eigenvalue weighted by molar-refractivity contribution is 7.88. The fourth-order valence-corrected chi connectivity index (χ4v) is 14.6. The minimum atomic E-state index is -2.45. The Bertz CT molecular complexity index is 2390. The van der Waals surface area contributed by atoms with E-state index in [-0.39, 0.29) is 6.04 Å². The van der Waals surface area contributed by atoms with Gasteiger partial charge in [-0.25, -0.2) is 0 Å². The molecule has 0 aromatic heterocycles. The first-order valence-corrected chi connectivity index (χ1v) is 22.7. The van der Waals surface area contributed by atoms with Crippen molar-refractivity contribution >= 4 is 57.3 Å². The number of hydrogen-bond donors (Lipinski definition) is 1. The summed E-state index contributed by atoms with van der Waals surface area (Å²) in [6.07, 6.45) is 0. The lowest BCUT2D eigenvalue weighted by Gasteiger charge is -2.28. The van der Waals surface area contributed by atoms with E-state index in [9.17, 15) is 0 Å². The van der Waals surface area contributed by atoms with Gasteiger partial charge in [-0.1, -0.05) is 218 Å². The molecule has 0 aliphatic heterocycles. The molecule has 0 saturated heterocycles. The molecule has 0 saturated carbocycles. The van der Waals surface area contributed by atoms with Crippen LogP contribution in [0.5, 0.6) is 0 Å². The van der Waals surface area contributed by atoms with Gasteiger partial charge in [0.05, 0.1) is 25.5 Å². The van der Waals surface area contributed by atoms with E-state index < -0.39 is 14.1 Å². The fraction of sp³-hybridized carbons (Fsp3) is 0.0588. The first kappa shape index (κ1) is 37.1. The molecule has 0 heterocycles. The van der Waals surface area contributed by atoms with Crippen LogP contribution in [0.3, 0.4) is 0 Å². The van der Waals surface area contributed by atoms with Gasteiger partial charge in [0.1, 0.15) is 0 Å². The number of nitrogens with zero attached hydrogens (tertiary/aromatic N) is 2. The van der Waals surface area contributed by atoms with E-state index in [0.717, 1.165) is 22.5 Å². The van der Waals surface area contributed by atoms with Gasteiger partial charge in [-0.3, -0.25) is 9.49 Å². The van der Waals surface area contributed by atoms with Crippen molar-refractivity contribution < 1.29 is 0 Å². The molecule has 0 spiro atoms. The molecule has 0 bridgehead atoms. The first-order chi connectivity index (χ1) is 27.7. The number of rotatable bonds is 12. The van der Waals surface area contributed by atoms with Gasteiger partial charge in [-0.05, 0) is 30.2 Å². The van der Waals surface area contributed by atoms with E-state index in [1.54, 1.807) is 0 Å². The molecule has 1 atom stereocenters. The van der Waals surface area contributed by atoms with Crippen molar-refractivity contribution in [3.8, 4) is 0 Å². The maximum atomic E-state index is 5.90. The maximum Gasteiger partial charge on any atom is 0.0672 e. The van der Waals surface area contributed by atoms with Crippen molar-refractivity contribution in [1.82, 2.24) is 5.32 Å². The third-order valence-corrected chi connectivity index (χ3v) is 17.6. The Morgan fingerprint density at radius 3 is 1.02 bits per heavy atom. The lowest BCUT2D eigenvalue weighted by molar-refractivity contribution is 0.576. The van der Waals surface area contributed by atoms with Crippen LogP contribution in [0.25, 0.3) is 0 Å². The predicted molar refractivity (Wildman–Crippen MR) is 243 cm³/mol. The summed E-state index contributed by atoms with van der Waals surface area (Å²) in [5.41, 5.74) is 4.31. The zero-order chi connectivity index (χ0) is 38.0. The molecule has 1 unspecified atom stereocenters. The second-order valence-electron chi connectivity index (χ2n) is 13.8. The highest BCUT2D eigenvalue weighted by atomic mass is 31.2. The average molecular weight is 762 g/mol. The quantitative estimate of drug-likeness (QED) is 0.124. The van der Waals surface area contributed by atoms with E-state index >= 15 is 0 Å². The van der Waals surface area contributed by atoms with E-state index in [4.69, 9.17) is 9.49 Å². The van der Waals surface area contributed by atoms with Crippen molar-refractivity contribution in [2.45, 2.75) is 19.5 Å². The van der Waals surface area contributed by atoms with E-state index in [2.05, 4.69) is 243 Å². The molecule has 0 amide bonds. The normalized spacial score (nSPS) is 12.1. The second-order valence-corrected chi connectivity index (χ2v) is 19.8. The molecule has 0 fully saturated rings. The third kappa shape index (κ3) is 7.55. The third-order valence-electron chi connectivity index (χ3n) is 10.3. The minimum Gasteiger partial charge on any atom is -0.306 e. The summed E-state index contributed by atoms with van der Waals surface area (Å²) < 4.78 is 11.8. The lowest BCUT2D eigenvalue weighted by Crippen LogP contribution is -2.25. The van der Waals surface area contributed by atoms with E-state index in [0.29, 0.717) is 6.54 Å². The monoisotopic (exact) mass is 761 g/mol. The van der Waals surface area contributed by atoms with Gasteiger partial charge in [0.25, 0.3) is 0 Å². The zero-order valence-corrected chi connectivity index (χ0v) is 33.3. The SMILES string of the molecule is CC(NCc1ccccc1N=P(c1ccccc1)(c1ccccc1)c1ccccc1)c1ccccc1N=P(c1ccccc1)(c1ccccc1)c1ccccc1. The zero-order valence-electron chi connectivity index (χ0n) is 31.5. The molecule has 1 N–H and O–H groups in total. The Labute approximate surface area is 331 Å². The van der Waals surface area contributed by atoms with Crippen molar-refractivity contribution in [3.05, 3.63) is 242 Å². The van der Waals surface area contributed by atoms with Crippen LogP contribution in [0.1, 0.15) is 24.1 Å². The van der Waals surface area contributed by atoms with Crippen LogP contribution in [0.2, 0.25) is 0 Å². The molecule has 8 aromatic rings. The molecule has 0 radical (unpaired) electrons. The molecule has 0 aliphatic carbocycles. The standard InChI is InChI=1S/C51H45N3P2/c1-41(49-37-21-23-39-51(49)54-56(46-31-14-5-15-32-46,47-33-16-6-17-34-47)48-35-18-7-19-36-48)52-40-42-24-20-22-38-50(42)53-55(43-25-8-2-9-26-43,44-27-10-3-11-28-44)45-29-12-4-13-30-45/h2-39,41,52H,40H2,1H3. The molecule has 3 nitrogen and oxygen atoms in total. The van der Waals surface area contributed by atoms with Crippen LogP contribution in [-0.4, -0.2) is 0 Å². The van der Waals surface area contributed by atoms with Crippen molar-refractivity contribution in [2.75, 3.05) is 0 Å². The predicted octanol–water partition coefficient (Wildman–Crippen LogP) is 11.2. The van der Waals surface area contributed by atoms with Gasteiger partial charge in [0, 0.05) is 44.4 Å². The Kier molecular flexibility index (Phi) is 11.5. The topological polar surface area (TPSA) is 36.8 Å². The molecule has 0 aliphatic rings. The lowest BCUT2D eigenvalue weighted by atomic mass is 10.1. The molecular weight excluding hydrogens is 717 g/mol. The molecule has 56 heavy (non-hydrogen) atoms. The molecule has 274 valence electrons. The summed E-state index contributed by atoms with van der Waals surface area (Å²) in [5, 5.41) is 11.3. The number of hydrogen-bond acceptors (Lipinski definition) is 3. The van der Waals surface area contributed by atoms with Gasteiger partial charge in [-0.2, -0.15) is 0 Å². The van der Waals surface area contributed by atoms with Gasteiger partial charge >= 0.3 is 0 Å². The van der Waals surface area contributed by atoms with Gasteiger partial charge in [0.2, 0.25) is 0 Å². The summed E-state index contributed by atoms with van der Waals surface area (Å²) in [4.78, 5) is 0. The van der Waals surface area contributed by atoms with Crippen LogP contribution in [0.15, 0.2) is 240 Å². The molecule has 8 aromatic carbocycles. The highest BCUT2D eigenvalue weighted by Gasteiger charge is 2.29. The summed E-state index contributed by atoms with van der Waals surface area (Å²) in [6, 6.07) is 82.3. The Balaban J connectivity index is 1.23. The number of nitrogens with one attached hydrogen (secondary N) is 1. The molecule has 8 rings (SSSR count). The fourth-order valence-electron chi connectivity index (χ4n) is 7.50. The molecule has 5 heteroatoms.